The number of benzene rings is 12. The molecule has 7 nitrogen and oxygen atoms in total. The van der Waals surface area contributed by atoms with E-state index in [1.165, 1.54) is 52.3 Å². The zero-order valence-electron chi connectivity index (χ0n) is 46.2. The van der Waals surface area contributed by atoms with Gasteiger partial charge in [0.25, 0.3) is 0 Å². The third-order valence-electron chi connectivity index (χ3n) is 17.2. The van der Waals surface area contributed by atoms with Crippen LogP contribution in [0.2, 0.25) is 0 Å². The summed E-state index contributed by atoms with van der Waals surface area (Å²) in [6, 6.07) is 117. The average Bonchev–Trinajstić information content (AvgIpc) is 2.74. The Balaban J connectivity index is 0.908. The second kappa shape index (κ2) is 20.5. The lowest BCUT2D eigenvalue weighted by Gasteiger charge is -2.34. The molecule has 0 N–H and O–H groups in total. The SMILES string of the molecule is c1ccc([Si](c2ccccc2)(c2ccccc2)c2ccc(-c3nc(-c4ccc([Si](c5ccccc5)(c5ccccc5)c5ccccc5)cc4)nc(-n4c5ccccc5n5c6cc(-n7c8ccccc8c8ccccc87)ccc6nc45)n3)cc2)cc1. The minimum Gasteiger partial charge on any atom is -0.309 e. The van der Waals surface area contributed by atoms with Crippen LogP contribution in [-0.4, -0.2) is 49.6 Å². The highest BCUT2D eigenvalue weighted by Gasteiger charge is 2.43. The lowest BCUT2D eigenvalue weighted by molar-refractivity contribution is 0.937. The van der Waals surface area contributed by atoms with Gasteiger partial charge in [0, 0.05) is 27.6 Å². The molecule has 85 heavy (non-hydrogen) atoms. The van der Waals surface area contributed by atoms with Crippen molar-refractivity contribution in [2.24, 2.45) is 0 Å². The zero-order chi connectivity index (χ0) is 56.3. The average molecular weight is 1120 g/mol. The molecule has 0 unspecified atom stereocenters. The molecule has 0 spiro atoms. The number of rotatable bonds is 12. The van der Waals surface area contributed by atoms with Gasteiger partial charge in [-0.2, -0.15) is 9.97 Å². The lowest BCUT2D eigenvalue weighted by Crippen LogP contribution is -2.74. The zero-order valence-corrected chi connectivity index (χ0v) is 48.2. The van der Waals surface area contributed by atoms with Gasteiger partial charge in [0.15, 0.2) is 27.8 Å². The molecule has 0 fully saturated rings. The van der Waals surface area contributed by atoms with Crippen LogP contribution in [0.4, 0.5) is 0 Å². The summed E-state index contributed by atoms with van der Waals surface area (Å²) >= 11 is 0. The van der Waals surface area contributed by atoms with Crippen molar-refractivity contribution in [3.8, 4) is 34.4 Å². The smallest absolute Gasteiger partial charge is 0.241 e. The van der Waals surface area contributed by atoms with Crippen LogP contribution in [0.15, 0.2) is 322 Å². The first-order valence-corrected chi connectivity index (χ1v) is 32.9. The Morgan fingerprint density at radius 3 is 0.988 bits per heavy atom. The highest BCUT2D eigenvalue weighted by Crippen LogP contribution is 2.35. The summed E-state index contributed by atoms with van der Waals surface area (Å²) in [5.74, 6) is 2.30. The molecule has 0 bridgehead atoms. The van der Waals surface area contributed by atoms with Gasteiger partial charge >= 0.3 is 0 Å². The van der Waals surface area contributed by atoms with E-state index in [2.05, 4.69) is 335 Å². The molecule has 4 heterocycles. The quantitative estimate of drug-likeness (QED) is 0.0903. The fourth-order valence-electron chi connectivity index (χ4n) is 13.5. The van der Waals surface area contributed by atoms with Crippen molar-refractivity contribution in [2.75, 3.05) is 0 Å². The van der Waals surface area contributed by atoms with Gasteiger partial charge in [-0.1, -0.05) is 279 Å². The van der Waals surface area contributed by atoms with Gasteiger partial charge in [0.05, 0.1) is 33.1 Å². The van der Waals surface area contributed by atoms with Crippen LogP contribution in [0.25, 0.3) is 84.1 Å². The molecule has 0 aliphatic heterocycles. The number of para-hydroxylation sites is 4. The molecule has 4 aromatic heterocycles. The fraction of sp³-hybridized carbons (Fsp3) is 0. The molecule has 0 aliphatic rings. The number of imidazole rings is 2. The number of hydrogen-bond donors (Lipinski definition) is 0. The van der Waals surface area contributed by atoms with Crippen LogP contribution in [0.1, 0.15) is 0 Å². The standard InChI is InChI=1S/C76H53N7Si2/c1-7-25-57(26-8-1)84(58-27-9-2-10-28-58,59-29-11-3-12-30-59)63-48-43-54(44-49-63)73-78-74(55-45-50-64(51-46-55)85(60-31-13-4-14-32-60,61-33-15-5-16-34-61)62-35-17-6-18-36-62)80-75(79-73)83-71-42-24-23-41-70(71)82-72-53-56(47-52-67(72)77-76(82)83)81-68-39-21-19-37-65(68)66-38-20-22-40-69(66)81/h1-53H. The summed E-state index contributed by atoms with van der Waals surface area (Å²) in [4.78, 5) is 21.9. The van der Waals surface area contributed by atoms with Crippen LogP contribution in [-0.2, 0) is 0 Å². The molecule has 0 radical (unpaired) electrons. The van der Waals surface area contributed by atoms with E-state index < -0.39 is 16.1 Å². The van der Waals surface area contributed by atoms with Crippen molar-refractivity contribution in [3.63, 3.8) is 0 Å². The normalized spacial score (nSPS) is 12.0. The molecule has 0 saturated carbocycles. The van der Waals surface area contributed by atoms with Gasteiger partial charge in [-0.15, -0.1) is 0 Å². The Morgan fingerprint density at radius 2 is 0.588 bits per heavy atom. The van der Waals surface area contributed by atoms with E-state index in [9.17, 15) is 0 Å². The van der Waals surface area contributed by atoms with Gasteiger partial charge in [0.1, 0.15) is 0 Å². The Labute approximate surface area is 493 Å². The van der Waals surface area contributed by atoms with Crippen LogP contribution >= 0.6 is 0 Å². The third-order valence-corrected chi connectivity index (χ3v) is 26.8. The maximum absolute atomic E-state index is 5.51. The van der Waals surface area contributed by atoms with E-state index in [0.29, 0.717) is 23.4 Å². The number of hydrogen-bond acceptors (Lipinski definition) is 4. The van der Waals surface area contributed by atoms with Crippen LogP contribution < -0.4 is 41.5 Å². The maximum atomic E-state index is 5.51. The Hall–Kier alpha value is -10.8. The minimum atomic E-state index is -2.83. The molecular formula is C76H53N7Si2. The Bertz CT molecular complexity index is 4660. The monoisotopic (exact) mass is 1120 g/mol. The Kier molecular flexibility index (Phi) is 12.1. The summed E-state index contributed by atoms with van der Waals surface area (Å²) in [6.07, 6.45) is 0. The topological polar surface area (TPSA) is 65.8 Å². The van der Waals surface area contributed by atoms with Crippen molar-refractivity contribution < 1.29 is 0 Å². The van der Waals surface area contributed by atoms with Crippen LogP contribution in [0.5, 0.6) is 0 Å². The van der Waals surface area contributed by atoms with Crippen molar-refractivity contribution >= 4 is 107 Å². The Morgan fingerprint density at radius 1 is 0.247 bits per heavy atom. The van der Waals surface area contributed by atoms with E-state index in [-0.39, 0.29) is 0 Å². The first-order valence-electron chi connectivity index (χ1n) is 28.9. The first-order chi connectivity index (χ1) is 42.2. The second-order valence-electron chi connectivity index (χ2n) is 21.7. The lowest BCUT2D eigenvalue weighted by atomic mass is 10.2. The number of aromatic nitrogens is 7. The van der Waals surface area contributed by atoms with Crippen molar-refractivity contribution in [1.29, 1.82) is 0 Å². The van der Waals surface area contributed by atoms with Crippen molar-refractivity contribution in [1.82, 2.24) is 33.5 Å². The highest BCUT2D eigenvalue weighted by molar-refractivity contribution is 7.20. The number of fused-ring (bicyclic) bond motifs is 8. The predicted molar refractivity (Wildman–Crippen MR) is 355 cm³/mol. The van der Waals surface area contributed by atoms with E-state index in [4.69, 9.17) is 19.9 Å². The molecule has 9 heteroatoms. The second-order valence-corrected chi connectivity index (χ2v) is 29.4. The summed E-state index contributed by atoms with van der Waals surface area (Å²) in [5, 5.41) is 12.8. The third kappa shape index (κ3) is 8.00. The molecule has 16 rings (SSSR count). The summed E-state index contributed by atoms with van der Waals surface area (Å²) in [6.45, 7) is 0. The van der Waals surface area contributed by atoms with E-state index in [1.54, 1.807) is 0 Å². The molecule has 16 aromatic rings. The van der Waals surface area contributed by atoms with E-state index in [0.717, 1.165) is 49.9 Å². The van der Waals surface area contributed by atoms with E-state index in [1.807, 2.05) is 0 Å². The fourth-order valence-corrected chi connectivity index (χ4v) is 23.0. The molecule has 400 valence electrons. The first kappa shape index (κ1) is 49.9. The van der Waals surface area contributed by atoms with Crippen LogP contribution in [0.3, 0.4) is 0 Å². The van der Waals surface area contributed by atoms with Crippen LogP contribution in [0, 0.1) is 0 Å². The predicted octanol–water partition coefficient (Wildman–Crippen LogP) is 11.8. The molecule has 0 amide bonds. The van der Waals surface area contributed by atoms with Crippen molar-refractivity contribution in [3.05, 3.63) is 322 Å². The van der Waals surface area contributed by atoms with Gasteiger partial charge in [-0.05, 0) is 84.0 Å². The molecule has 0 aliphatic carbocycles. The summed E-state index contributed by atoms with van der Waals surface area (Å²) in [7, 11) is -5.66. The van der Waals surface area contributed by atoms with Gasteiger partial charge < -0.3 is 4.57 Å². The number of nitrogens with zero attached hydrogens (tertiary/aromatic N) is 7. The molecular weight excluding hydrogens is 1070 g/mol. The van der Waals surface area contributed by atoms with Gasteiger partial charge in [-0.25, -0.2) is 14.5 Å². The van der Waals surface area contributed by atoms with E-state index >= 15 is 0 Å². The van der Waals surface area contributed by atoms with Gasteiger partial charge in [0.2, 0.25) is 11.7 Å². The summed E-state index contributed by atoms with van der Waals surface area (Å²) < 4.78 is 6.74. The summed E-state index contributed by atoms with van der Waals surface area (Å²) in [5.41, 5.74) is 8.88. The molecule has 0 saturated heterocycles. The van der Waals surface area contributed by atoms with Crippen molar-refractivity contribution in [2.45, 2.75) is 0 Å². The molecule has 12 aromatic carbocycles. The largest absolute Gasteiger partial charge is 0.309 e. The van der Waals surface area contributed by atoms with Gasteiger partial charge in [-0.3, -0.25) is 4.40 Å². The highest BCUT2D eigenvalue weighted by atomic mass is 28.3. The minimum absolute atomic E-state index is 0.473. The maximum Gasteiger partial charge on any atom is 0.241 e. The molecule has 0 atom stereocenters.